The van der Waals surface area contributed by atoms with Crippen LogP contribution in [0.2, 0.25) is 0 Å². The van der Waals surface area contributed by atoms with E-state index >= 15 is 0 Å². The average molecular weight is 373 g/mol. The van der Waals surface area contributed by atoms with Gasteiger partial charge < -0.3 is 20.1 Å². The highest BCUT2D eigenvalue weighted by Crippen LogP contribution is 2.27. The largest absolute Gasteiger partial charge is 0.493 e. The normalized spacial score (nSPS) is 10.3. The topological polar surface area (TPSA) is 42.5 Å². The van der Waals surface area contributed by atoms with Crippen LogP contribution in [0, 0.1) is 0 Å². The number of methoxy groups -OCH3 is 2. The molecule has 2 aromatic carbocycles. The first-order valence-electron chi connectivity index (χ1n) is 9.01. The predicted octanol–water partition coefficient (Wildman–Crippen LogP) is 4.58. The van der Waals surface area contributed by atoms with Crippen LogP contribution in [0.5, 0.6) is 11.5 Å². The van der Waals surface area contributed by atoms with Gasteiger partial charge in [0.05, 0.1) is 14.2 Å². The van der Waals surface area contributed by atoms with Gasteiger partial charge in [-0.2, -0.15) is 0 Å². The highest BCUT2D eigenvalue weighted by molar-refractivity contribution is 7.80. The number of para-hydroxylation sites is 1. The van der Waals surface area contributed by atoms with Gasteiger partial charge in [0.2, 0.25) is 0 Å². The minimum Gasteiger partial charge on any atom is -0.493 e. The Morgan fingerprint density at radius 2 is 1.77 bits per heavy atom. The van der Waals surface area contributed by atoms with Crippen molar-refractivity contribution in [1.29, 1.82) is 0 Å². The molecule has 0 fully saturated rings. The van der Waals surface area contributed by atoms with Crippen LogP contribution in [0.15, 0.2) is 42.5 Å². The molecule has 26 heavy (non-hydrogen) atoms. The van der Waals surface area contributed by atoms with E-state index in [4.69, 9.17) is 21.7 Å². The highest BCUT2D eigenvalue weighted by Gasteiger charge is 2.06. The summed E-state index contributed by atoms with van der Waals surface area (Å²) in [7, 11) is 3.29. The average Bonchev–Trinajstić information content (AvgIpc) is 2.67. The van der Waals surface area contributed by atoms with Gasteiger partial charge in [0.15, 0.2) is 16.6 Å². The molecule has 0 saturated heterocycles. The molecule has 2 aromatic rings. The van der Waals surface area contributed by atoms with Crippen molar-refractivity contribution in [2.75, 3.05) is 26.1 Å². The van der Waals surface area contributed by atoms with Crippen LogP contribution in [0.3, 0.4) is 0 Å². The van der Waals surface area contributed by atoms with Crippen molar-refractivity contribution in [2.45, 2.75) is 32.6 Å². The van der Waals surface area contributed by atoms with Crippen molar-refractivity contribution in [3.05, 3.63) is 53.6 Å². The van der Waals surface area contributed by atoms with E-state index in [1.807, 2.05) is 24.3 Å². The fourth-order valence-corrected chi connectivity index (χ4v) is 2.96. The summed E-state index contributed by atoms with van der Waals surface area (Å²) < 4.78 is 10.6. The van der Waals surface area contributed by atoms with Gasteiger partial charge in [0, 0.05) is 12.2 Å². The molecule has 0 amide bonds. The molecule has 0 radical (unpaired) electrons. The lowest BCUT2D eigenvalue weighted by atomic mass is 10.1. The summed E-state index contributed by atoms with van der Waals surface area (Å²) in [6.45, 7) is 2.95. The number of anilines is 1. The summed E-state index contributed by atoms with van der Waals surface area (Å²) in [5, 5.41) is 7.25. The van der Waals surface area contributed by atoms with E-state index in [1.54, 1.807) is 14.2 Å². The first-order valence-corrected chi connectivity index (χ1v) is 9.42. The van der Waals surface area contributed by atoms with Gasteiger partial charge in [0.1, 0.15) is 0 Å². The molecule has 0 spiro atoms. The minimum atomic E-state index is 0.648. The Morgan fingerprint density at radius 1 is 1.00 bits per heavy atom. The second-order valence-corrected chi connectivity index (χ2v) is 6.49. The van der Waals surface area contributed by atoms with Gasteiger partial charge in [-0.05, 0) is 60.8 Å². The van der Waals surface area contributed by atoms with Crippen LogP contribution in [-0.4, -0.2) is 25.9 Å². The molecule has 0 aliphatic heterocycles. The number of benzene rings is 2. The summed E-state index contributed by atoms with van der Waals surface area (Å²) in [5.41, 5.74) is 3.56. The Morgan fingerprint density at radius 3 is 2.50 bits per heavy atom. The van der Waals surface area contributed by atoms with E-state index in [-0.39, 0.29) is 0 Å². The zero-order valence-electron chi connectivity index (χ0n) is 15.8. The van der Waals surface area contributed by atoms with Crippen LogP contribution < -0.4 is 20.1 Å². The van der Waals surface area contributed by atoms with Gasteiger partial charge in [-0.1, -0.05) is 37.6 Å². The minimum absolute atomic E-state index is 0.648. The molecule has 0 unspecified atom stereocenters. The lowest BCUT2D eigenvalue weighted by molar-refractivity contribution is 0.354. The van der Waals surface area contributed by atoms with Gasteiger partial charge in [-0.25, -0.2) is 0 Å². The predicted molar refractivity (Wildman–Crippen MR) is 113 cm³/mol. The Hall–Kier alpha value is -2.27. The molecule has 0 heterocycles. The zero-order chi connectivity index (χ0) is 18.8. The maximum absolute atomic E-state index is 5.44. The number of nitrogens with one attached hydrogen (secondary N) is 2. The third kappa shape index (κ3) is 5.92. The van der Waals surface area contributed by atoms with Crippen molar-refractivity contribution < 1.29 is 9.47 Å². The Bertz CT molecular complexity index is 719. The molecule has 0 aromatic heterocycles. The monoisotopic (exact) mass is 372 g/mol. The van der Waals surface area contributed by atoms with Crippen LogP contribution in [-0.2, 0) is 12.8 Å². The quantitative estimate of drug-likeness (QED) is 0.631. The third-order valence-electron chi connectivity index (χ3n) is 4.21. The smallest absolute Gasteiger partial charge is 0.170 e. The molecule has 0 bridgehead atoms. The fraction of sp³-hybridized carbons (Fsp3) is 0.381. The maximum Gasteiger partial charge on any atom is 0.170 e. The summed E-state index contributed by atoms with van der Waals surface area (Å²) in [6, 6.07) is 14.3. The standard InChI is InChI=1S/C21H28N2O2S/c1-4-5-8-17-9-6-7-10-18(17)23-21(26)22-14-13-16-11-12-19(24-2)20(15-16)25-3/h6-7,9-12,15H,4-5,8,13-14H2,1-3H3,(H2,22,23,26). The number of rotatable bonds is 9. The lowest BCUT2D eigenvalue weighted by Gasteiger charge is -2.14. The van der Waals surface area contributed by atoms with Crippen LogP contribution >= 0.6 is 12.2 Å². The summed E-state index contributed by atoms with van der Waals surface area (Å²) in [4.78, 5) is 0. The SMILES string of the molecule is CCCCc1ccccc1NC(=S)NCCc1ccc(OC)c(OC)c1. The van der Waals surface area contributed by atoms with E-state index in [9.17, 15) is 0 Å². The molecule has 5 heteroatoms. The molecule has 0 aliphatic rings. The van der Waals surface area contributed by atoms with Crippen LogP contribution in [0.1, 0.15) is 30.9 Å². The van der Waals surface area contributed by atoms with Crippen molar-refractivity contribution in [3.8, 4) is 11.5 Å². The number of aryl methyl sites for hydroxylation is 1. The summed E-state index contributed by atoms with van der Waals surface area (Å²) in [5.74, 6) is 1.49. The second kappa shape index (κ2) is 10.7. The number of hydrogen-bond donors (Lipinski definition) is 2. The Kier molecular flexibility index (Phi) is 8.22. The second-order valence-electron chi connectivity index (χ2n) is 6.08. The molecular formula is C21H28N2O2S. The van der Waals surface area contributed by atoms with E-state index in [2.05, 4.69) is 35.8 Å². The number of unbranched alkanes of at least 4 members (excludes halogenated alkanes) is 1. The van der Waals surface area contributed by atoms with E-state index in [1.165, 1.54) is 24.0 Å². The molecule has 140 valence electrons. The van der Waals surface area contributed by atoms with Crippen LogP contribution in [0.25, 0.3) is 0 Å². The summed E-state index contributed by atoms with van der Waals surface area (Å²) in [6.07, 6.45) is 4.27. The van der Waals surface area contributed by atoms with Gasteiger partial charge >= 0.3 is 0 Å². The Labute approximate surface area is 161 Å². The summed E-state index contributed by atoms with van der Waals surface area (Å²) >= 11 is 5.44. The van der Waals surface area contributed by atoms with Gasteiger partial charge in [0.25, 0.3) is 0 Å². The van der Waals surface area contributed by atoms with E-state index in [0.29, 0.717) is 5.11 Å². The molecule has 2 N–H and O–H groups in total. The van der Waals surface area contributed by atoms with Crippen molar-refractivity contribution in [1.82, 2.24) is 5.32 Å². The molecule has 4 nitrogen and oxygen atoms in total. The zero-order valence-corrected chi connectivity index (χ0v) is 16.6. The van der Waals surface area contributed by atoms with Gasteiger partial charge in [-0.3, -0.25) is 0 Å². The third-order valence-corrected chi connectivity index (χ3v) is 4.46. The van der Waals surface area contributed by atoms with Crippen molar-refractivity contribution >= 4 is 23.0 Å². The first-order chi connectivity index (χ1) is 12.7. The lowest BCUT2D eigenvalue weighted by Crippen LogP contribution is -2.30. The molecule has 2 rings (SSSR count). The van der Waals surface area contributed by atoms with Crippen molar-refractivity contribution in [3.63, 3.8) is 0 Å². The fourth-order valence-electron chi connectivity index (χ4n) is 2.75. The van der Waals surface area contributed by atoms with E-state index in [0.717, 1.165) is 36.6 Å². The van der Waals surface area contributed by atoms with E-state index < -0.39 is 0 Å². The van der Waals surface area contributed by atoms with Crippen molar-refractivity contribution in [2.24, 2.45) is 0 Å². The maximum atomic E-state index is 5.44. The molecule has 0 atom stereocenters. The number of thiocarbonyl (C=S) groups is 1. The number of hydrogen-bond acceptors (Lipinski definition) is 3. The Balaban J connectivity index is 1.86. The first kappa shape index (κ1) is 20.0. The highest BCUT2D eigenvalue weighted by atomic mass is 32.1. The van der Waals surface area contributed by atoms with Crippen LogP contribution in [0.4, 0.5) is 5.69 Å². The molecule has 0 saturated carbocycles. The molecular weight excluding hydrogens is 344 g/mol. The molecule has 0 aliphatic carbocycles. The number of ether oxygens (including phenoxy) is 2. The van der Waals surface area contributed by atoms with Gasteiger partial charge in [-0.15, -0.1) is 0 Å².